The van der Waals surface area contributed by atoms with Gasteiger partial charge in [0.25, 0.3) is 0 Å². The van der Waals surface area contributed by atoms with Crippen LogP contribution in [0.5, 0.6) is 0 Å². The summed E-state index contributed by atoms with van der Waals surface area (Å²) in [5, 5.41) is 13.1. The van der Waals surface area contributed by atoms with Crippen molar-refractivity contribution >= 4 is 56.4 Å². The molecule has 0 spiro atoms. The maximum Gasteiger partial charge on any atom is 0.321 e. The number of benzene rings is 2. The number of nitrogens with two attached hydrogens (primary N) is 1. The molecule has 1 saturated heterocycles. The zero-order chi connectivity index (χ0) is 22.7. The van der Waals surface area contributed by atoms with Crippen molar-refractivity contribution in [2.75, 3.05) is 31.5 Å². The van der Waals surface area contributed by atoms with E-state index >= 15 is 0 Å². The normalized spacial score (nSPS) is 14.5. The van der Waals surface area contributed by atoms with Crippen LogP contribution in [0.3, 0.4) is 0 Å². The Kier molecular flexibility index (Phi) is 6.43. The molecule has 32 heavy (non-hydrogen) atoms. The molecule has 0 radical (unpaired) electrons. The third-order valence-electron chi connectivity index (χ3n) is 5.17. The van der Waals surface area contributed by atoms with E-state index < -0.39 is 5.91 Å². The van der Waals surface area contributed by atoms with Crippen molar-refractivity contribution in [1.82, 2.24) is 9.91 Å². The summed E-state index contributed by atoms with van der Waals surface area (Å²) in [5.41, 5.74) is 7.36. The minimum atomic E-state index is -0.649. The van der Waals surface area contributed by atoms with Gasteiger partial charge in [-0.15, -0.1) is 11.3 Å². The molecule has 1 aliphatic heterocycles. The van der Waals surface area contributed by atoms with E-state index in [1.165, 1.54) is 0 Å². The second kappa shape index (κ2) is 9.42. The van der Waals surface area contributed by atoms with E-state index in [4.69, 9.17) is 17.3 Å². The molecule has 1 aromatic heterocycles. The second-order valence-corrected chi connectivity index (χ2v) is 8.73. The zero-order valence-electron chi connectivity index (χ0n) is 17.3. The lowest BCUT2D eigenvalue weighted by Gasteiger charge is -2.33. The molecule has 3 aromatic rings. The van der Waals surface area contributed by atoms with Gasteiger partial charge in [-0.25, -0.2) is 4.79 Å². The first-order valence-electron chi connectivity index (χ1n) is 10.0. The Hall–Kier alpha value is -3.36. The number of halogens is 1. The summed E-state index contributed by atoms with van der Waals surface area (Å²) in [7, 11) is 0. The fourth-order valence-corrected chi connectivity index (χ4v) is 4.44. The minimum absolute atomic E-state index is 0.108. The quantitative estimate of drug-likeness (QED) is 0.436. The van der Waals surface area contributed by atoms with Gasteiger partial charge in [-0.3, -0.25) is 9.80 Å². The lowest BCUT2D eigenvalue weighted by atomic mass is 10.0. The molecule has 164 valence electrons. The first-order valence-corrected chi connectivity index (χ1v) is 11.3. The molecule has 0 unspecified atom stereocenters. The van der Waals surface area contributed by atoms with Crippen molar-refractivity contribution < 1.29 is 9.59 Å². The Labute approximate surface area is 194 Å². The number of hydrogen-bond donors (Lipinski definition) is 2. The maximum absolute atomic E-state index is 12.7. The van der Waals surface area contributed by atoms with Crippen LogP contribution in [0, 0.1) is 0 Å². The molecule has 0 atom stereocenters. The number of urea groups is 1. The first-order chi connectivity index (χ1) is 15.4. The maximum atomic E-state index is 12.7. The molecule has 3 N–H and O–H groups in total. The predicted octanol–water partition coefficient (Wildman–Crippen LogP) is 4.15. The number of nitrogens with one attached hydrogen (secondary N) is 1. The zero-order valence-corrected chi connectivity index (χ0v) is 18.8. The molecule has 4 rings (SSSR count). The molecule has 0 bridgehead atoms. The molecule has 0 saturated carbocycles. The van der Waals surface area contributed by atoms with E-state index in [0.29, 0.717) is 42.5 Å². The molecule has 9 heteroatoms. The number of primary amides is 1. The Balaban J connectivity index is 1.42. The predicted molar refractivity (Wildman–Crippen MR) is 130 cm³/mol. The first kappa shape index (κ1) is 21.9. The molecule has 1 fully saturated rings. The molecule has 2 aromatic carbocycles. The number of thiophene rings is 1. The van der Waals surface area contributed by atoms with Gasteiger partial charge in [0, 0.05) is 34.1 Å². The van der Waals surface area contributed by atoms with Crippen LogP contribution in [0.25, 0.3) is 10.1 Å². The number of piperazine rings is 1. The molecule has 0 aliphatic carbocycles. The second-order valence-electron chi connectivity index (χ2n) is 7.35. The van der Waals surface area contributed by atoms with Crippen LogP contribution >= 0.6 is 22.9 Å². The van der Waals surface area contributed by atoms with Gasteiger partial charge in [-0.1, -0.05) is 36.4 Å². The SMILES string of the molecule is C=C(C(N)=O)/C(=N\N1CCN(C(=O)Nc2ccc3ccsc3c2)CC1)c1cccc(Cl)c1. The van der Waals surface area contributed by atoms with Crippen molar-refractivity contribution in [3.05, 3.63) is 76.6 Å². The molecule has 3 amide bonds. The van der Waals surface area contributed by atoms with Gasteiger partial charge in [0.1, 0.15) is 5.71 Å². The summed E-state index contributed by atoms with van der Waals surface area (Å²) in [6.45, 7) is 5.78. The Morgan fingerprint density at radius 1 is 1.09 bits per heavy atom. The number of amides is 3. The average Bonchev–Trinajstić information content (AvgIpc) is 3.25. The van der Waals surface area contributed by atoms with Crippen LogP contribution in [0.1, 0.15) is 5.56 Å². The van der Waals surface area contributed by atoms with E-state index in [-0.39, 0.29) is 11.6 Å². The highest BCUT2D eigenvalue weighted by atomic mass is 35.5. The average molecular weight is 468 g/mol. The smallest absolute Gasteiger partial charge is 0.321 e. The molecule has 2 heterocycles. The number of carbonyl (C=O) groups excluding carboxylic acids is 2. The third-order valence-corrected chi connectivity index (χ3v) is 6.29. The Morgan fingerprint density at radius 3 is 2.59 bits per heavy atom. The van der Waals surface area contributed by atoms with Gasteiger partial charge in [0.15, 0.2) is 0 Å². The fraction of sp³-hybridized carbons (Fsp3) is 0.174. The Morgan fingerprint density at radius 2 is 1.88 bits per heavy atom. The van der Waals surface area contributed by atoms with Gasteiger partial charge in [-0.2, -0.15) is 5.10 Å². The van der Waals surface area contributed by atoms with Crippen molar-refractivity contribution in [2.24, 2.45) is 10.8 Å². The van der Waals surface area contributed by atoms with Crippen molar-refractivity contribution in [2.45, 2.75) is 0 Å². The monoisotopic (exact) mass is 467 g/mol. The minimum Gasteiger partial charge on any atom is -0.366 e. The van der Waals surface area contributed by atoms with Gasteiger partial charge in [0.05, 0.1) is 18.7 Å². The summed E-state index contributed by atoms with van der Waals surface area (Å²) in [5.74, 6) is -0.649. The van der Waals surface area contributed by atoms with Crippen LogP contribution in [-0.2, 0) is 4.79 Å². The van der Waals surface area contributed by atoms with Gasteiger partial charge in [-0.05, 0) is 41.1 Å². The van der Waals surface area contributed by atoms with E-state index in [9.17, 15) is 9.59 Å². The van der Waals surface area contributed by atoms with Crippen LogP contribution in [0.15, 0.2) is 71.2 Å². The van der Waals surface area contributed by atoms with Crippen molar-refractivity contribution in [3.8, 4) is 0 Å². The summed E-state index contributed by atoms with van der Waals surface area (Å²) in [6.07, 6.45) is 0. The van der Waals surface area contributed by atoms with E-state index in [1.807, 2.05) is 28.6 Å². The fourth-order valence-electron chi connectivity index (χ4n) is 3.42. The van der Waals surface area contributed by atoms with Gasteiger partial charge >= 0.3 is 6.03 Å². The number of nitrogens with zero attached hydrogens (tertiary/aromatic N) is 3. The molecular formula is C23H22ClN5O2S. The van der Waals surface area contributed by atoms with Crippen LogP contribution < -0.4 is 11.1 Å². The summed E-state index contributed by atoms with van der Waals surface area (Å²) >= 11 is 7.74. The lowest BCUT2D eigenvalue weighted by Crippen LogP contribution is -2.48. The van der Waals surface area contributed by atoms with Gasteiger partial charge in [0.2, 0.25) is 5.91 Å². The number of fused-ring (bicyclic) bond motifs is 1. The number of rotatable bonds is 5. The number of anilines is 1. The van der Waals surface area contributed by atoms with Crippen LogP contribution in [-0.4, -0.2) is 53.7 Å². The molecule has 1 aliphatic rings. The van der Waals surface area contributed by atoms with E-state index in [1.54, 1.807) is 40.5 Å². The van der Waals surface area contributed by atoms with Crippen molar-refractivity contribution in [1.29, 1.82) is 0 Å². The highest BCUT2D eigenvalue weighted by Crippen LogP contribution is 2.24. The highest BCUT2D eigenvalue weighted by molar-refractivity contribution is 7.17. The summed E-state index contributed by atoms with van der Waals surface area (Å²) in [6, 6.07) is 14.8. The number of hydrazone groups is 1. The Bertz CT molecular complexity index is 1210. The van der Waals surface area contributed by atoms with Gasteiger partial charge < -0.3 is 16.0 Å². The van der Waals surface area contributed by atoms with E-state index in [0.717, 1.165) is 15.8 Å². The third kappa shape index (κ3) is 4.92. The van der Waals surface area contributed by atoms with E-state index in [2.05, 4.69) is 23.1 Å². The number of hydrogen-bond acceptors (Lipinski definition) is 5. The van der Waals surface area contributed by atoms with Crippen molar-refractivity contribution in [3.63, 3.8) is 0 Å². The topological polar surface area (TPSA) is 91.0 Å². The largest absolute Gasteiger partial charge is 0.366 e. The summed E-state index contributed by atoms with van der Waals surface area (Å²) < 4.78 is 1.13. The standard InChI is InChI=1S/C23H22ClN5O2S/c1-15(22(25)30)21(17-3-2-4-18(24)13-17)27-29-10-8-28(9-11-29)23(31)26-19-6-5-16-7-12-32-20(16)14-19/h2-7,12-14H,1,8-11H2,(H2,25,30)(H,26,31)/b27-21+. The molecular weight excluding hydrogens is 446 g/mol. The highest BCUT2D eigenvalue weighted by Gasteiger charge is 2.22. The van der Waals surface area contributed by atoms with Crippen LogP contribution in [0.4, 0.5) is 10.5 Å². The number of carbonyl (C=O) groups is 2. The summed E-state index contributed by atoms with van der Waals surface area (Å²) in [4.78, 5) is 26.2. The van der Waals surface area contributed by atoms with Crippen LogP contribution in [0.2, 0.25) is 5.02 Å². The lowest BCUT2D eigenvalue weighted by molar-refractivity contribution is -0.114. The molecule has 7 nitrogen and oxygen atoms in total.